The second-order valence-electron chi connectivity index (χ2n) is 4.57. The molecule has 0 aliphatic rings. The van der Waals surface area contributed by atoms with Gasteiger partial charge in [-0.15, -0.1) is 11.3 Å². The van der Waals surface area contributed by atoms with Crippen LogP contribution in [0.25, 0.3) is 10.8 Å². The Bertz CT molecular complexity index is 736. The molecule has 4 heteroatoms. The van der Waals surface area contributed by atoms with E-state index >= 15 is 0 Å². The largest absolute Gasteiger partial charge is 0.487 e. The lowest BCUT2D eigenvalue weighted by atomic mass is 10.0. The maximum Gasteiger partial charge on any atom is 0.131 e. The monoisotopic (exact) mass is 285 g/mol. The average molecular weight is 285 g/mol. The summed E-state index contributed by atoms with van der Waals surface area (Å²) in [5, 5.41) is 14.8. The van der Waals surface area contributed by atoms with Gasteiger partial charge in [-0.3, -0.25) is 0 Å². The Morgan fingerprint density at radius 1 is 1.20 bits per heavy atom. The number of ether oxygens (including phenoxy) is 1. The predicted molar refractivity (Wildman–Crippen MR) is 81.1 cm³/mol. The molecule has 0 fully saturated rings. The number of aryl methyl sites for hydroxylation is 1. The number of aromatic nitrogens is 1. The van der Waals surface area contributed by atoms with E-state index in [2.05, 4.69) is 4.98 Å². The number of thiazole rings is 1. The van der Waals surface area contributed by atoms with Crippen LogP contribution < -0.4 is 4.74 Å². The first-order valence-corrected chi connectivity index (χ1v) is 7.31. The third kappa shape index (κ3) is 2.53. The molecule has 1 N–H and O–H groups in total. The number of nitrogens with zero attached hydrogens (tertiary/aromatic N) is 1. The first kappa shape index (κ1) is 13.1. The number of rotatable bonds is 4. The molecule has 0 amide bonds. The minimum atomic E-state index is -0.0349. The first-order chi connectivity index (χ1) is 9.78. The molecule has 3 aromatic rings. The first-order valence-electron chi connectivity index (χ1n) is 6.43. The van der Waals surface area contributed by atoms with Gasteiger partial charge < -0.3 is 9.84 Å². The van der Waals surface area contributed by atoms with Crippen molar-refractivity contribution in [1.82, 2.24) is 4.98 Å². The van der Waals surface area contributed by atoms with Crippen LogP contribution in [0.15, 0.2) is 41.8 Å². The van der Waals surface area contributed by atoms with E-state index in [1.165, 1.54) is 0 Å². The van der Waals surface area contributed by atoms with Gasteiger partial charge in [0.25, 0.3) is 0 Å². The highest BCUT2D eigenvalue weighted by atomic mass is 32.1. The molecule has 102 valence electrons. The summed E-state index contributed by atoms with van der Waals surface area (Å²) in [6, 6.07) is 11.9. The van der Waals surface area contributed by atoms with Crippen LogP contribution in [0, 0.1) is 6.92 Å². The molecule has 0 unspecified atom stereocenters. The van der Waals surface area contributed by atoms with Crippen LogP contribution in [0.2, 0.25) is 0 Å². The summed E-state index contributed by atoms with van der Waals surface area (Å²) in [5.41, 5.74) is 1.75. The summed E-state index contributed by atoms with van der Waals surface area (Å²) in [7, 11) is 0. The third-order valence-corrected chi connectivity index (χ3v) is 4.02. The zero-order chi connectivity index (χ0) is 13.9. The standard InChI is InChI=1S/C16H15NO2S/c1-11-17-13(10-20-11)9-19-16-7-6-12-4-2-3-5-14(12)15(16)8-18/h2-7,10,18H,8-9H2,1H3. The van der Waals surface area contributed by atoms with Crippen LogP contribution >= 0.6 is 11.3 Å². The molecule has 2 aromatic carbocycles. The molecule has 0 spiro atoms. The summed E-state index contributed by atoms with van der Waals surface area (Å²) >= 11 is 1.61. The zero-order valence-electron chi connectivity index (χ0n) is 11.2. The van der Waals surface area contributed by atoms with Crippen molar-refractivity contribution in [3.63, 3.8) is 0 Å². The van der Waals surface area contributed by atoms with Crippen molar-refractivity contribution < 1.29 is 9.84 Å². The van der Waals surface area contributed by atoms with E-state index in [-0.39, 0.29) is 6.61 Å². The Kier molecular flexibility index (Phi) is 3.67. The molecule has 0 aliphatic carbocycles. The van der Waals surface area contributed by atoms with Gasteiger partial charge in [-0.05, 0) is 23.8 Å². The molecular formula is C16H15NO2S. The maximum atomic E-state index is 9.62. The van der Waals surface area contributed by atoms with E-state index in [1.807, 2.05) is 48.7 Å². The van der Waals surface area contributed by atoms with E-state index < -0.39 is 0 Å². The van der Waals surface area contributed by atoms with Crippen molar-refractivity contribution in [2.24, 2.45) is 0 Å². The van der Waals surface area contributed by atoms with E-state index in [4.69, 9.17) is 4.74 Å². The van der Waals surface area contributed by atoms with Gasteiger partial charge in [-0.25, -0.2) is 4.98 Å². The number of hydrogen-bond acceptors (Lipinski definition) is 4. The molecular weight excluding hydrogens is 270 g/mol. The molecule has 1 aromatic heterocycles. The van der Waals surface area contributed by atoms with Crippen LogP contribution in [0.5, 0.6) is 5.75 Å². The molecule has 0 saturated carbocycles. The normalized spacial score (nSPS) is 10.9. The van der Waals surface area contributed by atoms with E-state index in [1.54, 1.807) is 11.3 Å². The molecule has 3 nitrogen and oxygen atoms in total. The van der Waals surface area contributed by atoms with Gasteiger partial charge in [-0.2, -0.15) is 0 Å². The van der Waals surface area contributed by atoms with Gasteiger partial charge >= 0.3 is 0 Å². The molecule has 0 bridgehead atoms. The third-order valence-electron chi connectivity index (χ3n) is 3.20. The second kappa shape index (κ2) is 5.61. The highest BCUT2D eigenvalue weighted by molar-refractivity contribution is 7.09. The fraction of sp³-hybridized carbons (Fsp3) is 0.188. The topological polar surface area (TPSA) is 42.4 Å². The summed E-state index contributed by atoms with van der Waals surface area (Å²) < 4.78 is 5.82. The predicted octanol–water partition coefficient (Wildman–Crippen LogP) is 3.68. The summed E-state index contributed by atoms with van der Waals surface area (Å²) in [4.78, 5) is 4.37. The summed E-state index contributed by atoms with van der Waals surface area (Å²) in [6.07, 6.45) is 0. The molecule has 1 heterocycles. The van der Waals surface area contributed by atoms with Crippen LogP contribution in [-0.4, -0.2) is 10.1 Å². The van der Waals surface area contributed by atoms with E-state index in [9.17, 15) is 5.11 Å². The molecule has 20 heavy (non-hydrogen) atoms. The lowest BCUT2D eigenvalue weighted by molar-refractivity contribution is 0.259. The Labute approximate surface area is 121 Å². The second-order valence-corrected chi connectivity index (χ2v) is 5.63. The quantitative estimate of drug-likeness (QED) is 0.795. The minimum absolute atomic E-state index is 0.0349. The summed E-state index contributed by atoms with van der Waals surface area (Å²) in [6.45, 7) is 2.37. The van der Waals surface area contributed by atoms with Gasteiger partial charge in [0.1, 0.15) is 12.4 Å². The number of fused-ring (bicyclic) bond motifs is 1. The number of aliphatic hydroxyl groups excluding tert-OH is 1. The summed E-state index contributed by atoms with van der Waals surface area (Å²) in [5.74, 6) is 0.719. The van der Waals surface area contributed by atoms with Crippen LogP contribution in [0.1, 0.15) is 16.3 Å². The van der Waals surface area contributed by atoms with Crippen LogP contribution in [-0.2, 0) is 13.2 Å². The van der Waals surface area contributed by atoms with Crippen molar-refractivity contribution in [2.75, 3.05) is 0 Å². The number of hydrogen-bond donors (Lipinski definition) is 1. The molecule has 0 radical (unpaired) electrons. The van der Waals surface area contributed by atoms with E-state index in [0.29, 0.717) is 6.61 Å². The fourth-order valence-corrected chi connectivity index (χ4v) is 2.84. The Balaban J connectivity index is 1.91. The van der Waals surface area contributed by atoms with Crippen LogP contribution in [0.4, 0.5) is 0 Å². The van der Waals surface area contributed by atoms with Crippen LogP contribution in [0.3, 0.4) is 0 Å². The number of benzene rings is 2. The van der Waals surface area contributed by atoms with Gasteiger partial charge in [0, 0.05) is 10.9 Å². The Morgan fingerprint density at radius 3 is 2.80 bits per heavy atom. The van der Waals surface area contributed by atoms with Gasteiger partial charge in [0.15, 0.2) is 0 Å². The lowest BCUT2D eigenvalue weighted by Gasteiger charge is -2.12. The Hall–Kier alpha value is -1.91. The Morgan fingerprint density at radius 2 is 2.05 bits per heavy atom. The van der Waals surface area contributed by atoms with E-state index in [0.717, 1.165) is 32.8 Å². The van der Waals surface area contributed by atoms with Gasteiger partial charge in [0.05, 0.1) is 17.3 Å². The van der Waals surface area contributed by atoms with Crippen molar-refractivity contribution in [2.45, 2.75) is 20.1 Å². The van der Waals surface area contributed by atoms with Gasteiger partial charge in [-0.1, -0.05) is 30.3 Å². The van der Waals surface area contributed by atoms with Gasteiger partial charge in [0.2, 0.25) is 0 Å². The minimum Gasteiger partial charge on any atom is -0.487 e. The smallest absolute Gasteiger partial charge is 0.131 e. The zero-order valence-corrected chi connectivity index (χ0v) is 12.0. The number of aliphatic hydroxyl groups is 1. The fourth-order valence-electron chi connectivity index (χ4n) is 2.24. The van der Waals surface area contributed by atoms with Crippen molar-refractivity contribution >= 4 is 22.1 Å². The molecule has 0 atom stereocenters. The average Bonchev–Trinajstić information content (AvgIpc) is 2.90. The van der Waals surface area contributed by atoms with Crippen molar-refractivity contribution in [1.29, 1.82) is 0 Å². The van der Waals surface area contributed by atoms with Crippen molar-refractivity contribution in [3.05, 3.63) is 58.0 Å². The maximum absolute atomic E-state index is 9.62. The lowest BCUT2D eigenvalue weighted by Crippen LogP contribution is -2.00. The molecule has 0 saturated heterocycles. The molecule has 0 aliphatic heterocycles. The highest BCUT2D eigenvalue weighted by Crippen LogP contribution is 2.28. The molecule has 3 rings (SSSR count). The van der Waals surface area contributed by atoms with Crippen molar-refractivity contribution in [3.8, 4) is 5.75 Å². The SMILES string of the molecule is Cc1nc(COc2ccc3ccccc3c2CO)cs1. The highest BCUT2D eigenvalue weighted by Gasteiger charge is 2.08.